The molecule has 0 amide bonds. The van der Waals surface area contributed by atoms with Crippen LogP contribution >= 0.6 is 0 Å². The van der Waals surface area contributed by atoms with E-state index in [4.69, 9.17) is 5.11 Å². The molecule has 0 aliphatic rings. The van der Waals surface area contributed by atoms with Crippen LogP contribution in [-0.2, 0) is 7.05 Å². The van der Waals surface area contributed by atoms with E-state index in [-0.39, 0.29) is 11.5 Å². The van der Waals surface area contributed by atoms with Crippen molar-refractivity contribution in [3.63, 3.8) is 0 Å². The molecular formula is C14H13NO3. The van der Waals surface area contributed by atoms with Crippen molar-refractivity contribution in [2.45, 2.75) is 6.92 Å². The molecule has 4 heteroatoms. The van der Waals surface area contributed by atoms with Crippen molar-refractivity contribution in [2.75, 3.05) is 0 Å². The van der Waals surface area contributed by atoms with Crippen molar-refractivity contribution < 1.29 is 14.7 Å². The average molecular weight is 243 g/mol. The van der Waals surface area contributed by atoms with Gasteiger partial charge in [0.2, 0.25) is 0 Å². The van der Waals surface area contributed by atoms with Crippen LogP contribution in [0.4, 0.5) is 0 Å². The summed E-state index contributed by atoms with van der Waals surface area (Å²) >= 11 is 0. The highest BCUT2D eigenvalue weighted by Crippen LogP contribution is 2.14. The lowest BCUT2D eigenvalue weighted by Gasteiger charge is -1.98. The summed E-state index contributed by atoms with van der Waals surface area (Å²) in [6, 6.07) is 8.59. The summed E-state index contributed by atoms with van der Waals surface area (Å²) in [5.74, 6) is -1.21. The fourth-order valence-electron chi connectivity index (χ4n) is 1.77. The second-order valence-electron chi connectivity index (χ2n) is 4.23. The summed E-state index contributed by atoms with van der Waals surface area (Å²) < 4.78 is 1.43. The quantitative estimate of drug-likeness (QED) is 0.841. The molecule has 2 aromatic rings. The second-order valence-corrected chi connectivity index (χ2v) is 4.23. The van der Waals surface area contributed by atoms with Gasteiger partial charge in [0.05, 0.1) is 0 Å². The van der Waals surface area contributed by atoms with Gasteiger partial charge < -0.3 is 9.67 Å². The summed E-state index contributed by atoms with van der Waals surface area (Å²) in [4.78, 5) is 23.0. The number of aryl methyl sites for hydroxylation is 2. The van der Waals surface area contributed by atoms with Crippen LogP contribution in [0.5, 0.6) is 0 Å². The highest BCUT2D eigenvalue weighted by Gasteiger charge is 2.15. The number of carboxylic acids is 1. The predicted molar refractivity (Wildman–Crippen MR) is 67.0 cm³/mol. The van der Waals surface area contributed by atoms with E-state index in [1.54, 1.807) is 19.2 Å². The molecule has 1 heterocycles. The van der Waals surface area contributed by atoms with E-state index in [9.17, 15) is 9.59 Å². The second kappa shape index (κ2) is 4.49. The smallest absolute Gasteiger partial charge is 0.352 e. The van der Waals surface area contributed by atoms with Crippen LogP contribution in [0.3, 0.4) is 0 Å². The lowest BCUT2D eigenvalue weighted by Crippen LogP contribution is -2.02. The Morgan fingerprint density at radius 1 is 1.11 bits per heavy atom. The van der Waals surface area contributed by atoms with Crippen molar-refractivity contribution >= 4 is 11.8 Å². The highest BCUT2D eigenvalue weighted by atomic mass is 16.4. The number of hydrogen-bond donors (Lipinski definition) is 1. The summed E-state index contributed by atoms with van der Waals surface area (Å²) in [6.07, 6.45) is 1.53. The molecule has 0 aliphatic carbocycles. The minimum absolute atomic E-state index is 0.102. The summed E-state index contributed by atoms with van der Waals surface area (Å²) in [5.41, 5.74) is 2.12. The van der Waals surface area contributed by atoms with E-state index in [2.05, 4.69) is 0 Å². The van der Waals surface area contributed by atoms with Gasteiger partial charge in [-0.2, -0.15) is 0 Å². The first-order valence-corrected chi connectivity index (χ1v) is 5.50. The third kappa shape index (κ3) is 2.18. The third-order valence-corrected chi connectivity index (χ3v) is 2.80. The number of carboxylic acid groups (broad SMARTS) is 1. The van der Waals surface area contributed by atoms with Crippen molar-refractivity contribution in [1.29, 1.82) is 0 Å². The van der Waals surface area contributed by atoms with Crippen molar-refractivity contribution in [2.24, 2.45) is 7.05 Å². The van der Waals surface area contributed by atoms with E-state index in [1.807, 2.05) is 19.1 Å². The first-order valence-electron chi connectivity index (χ1n) is 5.50. The Bertz CT molecular complexity index is 608. The maximum atomic E-state index is 12.1. The molecule has 0 fully saturated rings. The van der Waals surface area contributed by atoms with E-state index in [0.717, 1.165) is 5.56 Å². The highest BCUT2D eigenvalue weighted by molar-refractivity contribution is 6.09. The minimum Gasteiger partial charge on any atom is -0.477 e. The van der Waals surface area contributed by atoms with Crippen molar-refractivity contribution in [3.05, 3.63) is 58.9 Å². The van der Waals surface area contributed by atoms with Crippen LogP contribution in [0.25, 0.3) is 0 Å². The number of rotatable bonds is 3. The Hall–Kier alpha value is -2.36. The monoisotopic (exact) mass is 243 g/mol. The normalized spacial score (nSPS) is 10.3. The van der Waals surface area contributed by atoms with Gasteiger partial charge in [0.1, 0.15) is 5.69 Å². The van der Waals surface area contributed by atoms with Gasteiger partial charge in [-0.15, -0.1) is 0 Å². The molecule has 0 radical (unpaired) electrons. The summed E-state index contributed by atoms with van der Waals surface area (Å²) in [7, 11) is 1.61. The van der Waals surface area contributed by atoms with Crippen molar-refractivity contribution in [1.82, 2.24) is 4.57 Å². The Labute approximate surface area is 104 Å². The van der Waals surface area contributed by atoms with Gasteiger partial charge in [-0.3, -0.25) is 4.79 Å². The van der Waals surface area contributed by atoms with Gasteiger partial charge in [-0.25, -0.2) is 4.79 Å². The summed E-state index contributed by atoms with van der Waals surface area (Å²) in [6.45, 7) is 1.94. The lowest BCUT2D eigenvalue weighted by atomic mass is 10.0. The molecule has 0 unspecified atom stereocenters. The zero-order chi connectivity index (χ0) is 13.3. The molecule has 92 valence electrons. The molecule has 18 heavy (non-hydrogen) atoms. The lowest BCUT2D eigenvalue weighted by molar-refractivity contribution is 0.0686. The van der Waals surface area contributed by atoms with Gasteiger partial charge in [0, 0.05) is 24.4 Å². The number of aromatic nitrogens is 1. The number of nitrogens with zero attached hydrogens (tertiary/aromatic N) is 1. The third-order valence-electron chi connectivity index (χ3n) is 2.80. The van der Waals surface area contributed by atoms with E-state index < -0.39 is 5.97 Å². The molecule has 0 saturated heterocycles. The fraction of sp³-hybridized carbons (Fsp3) is 0.143. The topological polar surface area (TPSA) is 59.3 Å². The molecule has 0 aliphatic heterocycles. The molecule has 1 N–H and O–H groups in total. The largest absolute Gasteiger partial charge is 0.477 e. The maximum absolute atomic E-state index is 12.1. The van der Waals surface area contributed by atoms with Gasteiger partial charge in [0.25, 0.3) is 0 Å². The van der Waals surface area contributed by atoms with Gasteiger partial charge in [0.15, 0.2) is 5.78 Å². The molecular weight excluding hydrogens is 230 g/mol. The Balaban J connectivity index is 2.37. The minimum atomic E-state index is -1.04. The molecule has 0 spiro atoms. The standard InChI is InChI=1S/C14H13NO3/c1-9-3-5-10(6-4-9)13(16)11-7-12(14(17)18)15(2)8-11/h3-8H,1-2H3,(H,17,18). The average Bonchev–Trinajstić information content (AvgIpc) is 2.71. The number of aromatic carboxylic acids is 1. The Morgan fingerprint density at radius 3 is 2.22 bits per heavy atom. The molecule has 1 aromatic heterocycles. The van der Waals surface area contributed by atoms with Crippen LogP contribution in [0.1, 0.15) is 32.0 Å². The molecule has 0 bridgehead atoms. The molecule has 2 rings (SSSR count). The number of benzene rings is 1. The first-order chi connectivity index (χ1) is 8.49. The Morgan fingerprint density at radius 2 is 1.72 bits per heavy atom. The van der Waals surface area contributed by atoms with E-state index in [1.165, 1.54) is 16.8 Å². The van der Waals surface area contributed by atoms with E-state index in [0.29, 0.717) is 11.1 Å². The SMILES string of the molecule is Cc1ccc(C(=O)c2cc(C(=O)O)n(C)c2)cc1. The molecule has 0 saturated carbocycles. The van der Waals surface area contributed by atoms with Gasteiger partial charge >= 0.3 is 5.97 Å². The number of ketones is 1. The zero-order valence-corrected chi connectivity index (χ0v) is 10.2. The molecule has 4 nitrogen and oxygen atoms in total. The van der Waals surface area contributed by atoms with Crippen molar-refractivity contribution in [3.8, 4) is 0 Å². The summed E-state index contributed by atoms with van der Waals surface area (Å²) in [5, 5.41) is 8.94. The van der Waals surface area contributed by atoms with Gasteiger partial charge in [-0.05, 0) is 13.0 Å². The van der Waals surface area contributed by atoms with Crippen LogP contribution in [0.2, 0.25) is 0 Å². The van der Waals surface area contributed by atoms with Gasteiger partial charge in [-0.1, -0.05) is 29.8 Å². The predicted octanol–water partition coefficient (Wildman–Crippen LogP) is 2.26. The molecule has 1 aromatic carbocycles. The molecule has 0 atom stereocenters. The number of hydrogen-bond acceptors (Lipinski definition) is 2. The van der Waals surface area contributed by atoms with E-state index >= 15 is 0 Å². The number of carbonyl (C=O) groups is 2. The van der Waals surface area contributed by atoms with Crippen LogP contribution < -0.4 is 0 Å². The Kier molecular flexibility index (Phi) is 3.02. The van der Waals surface area contributed by atoms with Crippen LogP contribution in [0.15, 0.2) is 36.5 Å². The number of carbonyl (C=O) groups excluding carboxylic acids is 1. The first kappa shape index (κ1) is 12.1. The van der Waals surface area contributed by atoms with Crippen LogP contribution in [-0.4, -0.2) is 21.4 Å². The van der Waals surface area contributed by atoms with Crippen LogP contribution in [0, 0.1) is 6.92 Å². The fourth-order valence-corrected chi connectivity index (χ4v) is 1.77. The zero-order valence-electron chi connectivity index (χ0n) is 10.2. The maximum Gasteiger partial charge on any atom is 0.352 e.